The van der Waals surface area contributed by atoms with Crippen molar-refractivity contribution in [3.63, 3.8) is 0 Å². The maximum absolute atomic E-state index is 12.8. The first kappa shape index (κ1) is 17.2. The van der Waals surface area contributed by atoms with Crippen molar-refractivity contribution < 1.29 is 14.0 Å². The van der Waals surface area contributed by atoms with E-state index in [0.29, 0.717) is 31.7 Å². The summed E-state index contributed by atoms with van der Waals surface area (Å²) in [5.41, 5.74) is 0.545. The van der Waals surface area contributed by atoms with E-state index in [9.17, 15) is 14.0 Å². The van der Waals surface area contributed by atoms with Crippen molar-refractivity contribution in [2.24, 2.45) is 0 Å². The molecule has 0 aliphatic carbocycles. The van der Waals surface area contributed by atoms with Crippen molar-refractivity contribution in [1.82, 2.24) is 15.5 Å². The Labute approximate surface area is 135 Å². The van der Waals surface area contributed by atoms with Crippen LogP contribution in [0.5, 0.6) is 0 Å². The third kappa shape index (κ3) is 5.52. The standard InChI is InChI=1S/C16H23FN4O2/c1-18-9-6-15(22)21-10-7-14(8-11-21)20-16(23)19-13-4-2-12(17)3-5-13/h2-5,14,18H,6-11H2,1H3,(H2,19,20,23). The molecular weight excluding hydrogens is 299 g/mol. The molecule has 0 spiro atoms. The van der Waals surface area contributed by atoms with Gasteiger partial charge in [-0.1, -0.05) is 0 Å². The van der Waals surface area contributed by atoms with Crippen LogP contribution in [0.4, 0.5) is 14.9 Å². The second kappa shape index (κ2) is 8.47. The summed E-state index contributed by atoms with van der Waals surface area (Å²) in [6, 6.07) is 5.35. The van der Waals surface area contributed by atoms with Gasteiger partial charge in [0.05, 0.1) is 0 Å². The molecule has 1 heterocycles. The van der Waals surface area contributed by atoms with E-state index in [1.165, 1.54) is 24.3 Å². The molecule has 3 amide bonds. The van der Waals surface area contributed by atoms with E-state index in [2.05, 4.69) is 16.0 Å². The lowest BCUT2D eigenvalue weighted by Gasteiger charge is -2.32. The lowest BCUT2D eigenvalue weighted by molar-refractivity contribution is -0.132. The number of likely N-dealkylation sites (tertiary alicyclic amines) is 1. The first-order valence-corrected chi connectivity index (χ1v) is 7.84. The van der Waals surface area contributed by atoms with Crippen molar-refractivity contribution in [1.29, 1.82) is 0 Å². The number of nitrogens with one attached hydrogen (secondary N) is 3. The predicted molar refractivity (Wildman–Crippen MR) is 86.7 cm³/mol. The number of carbonyl (C=O) groups excluding carboxylic acids is 2. The number of hydrogen-bond acceptors (Lipinski definition) is 3. The second-order valence-electron chi connectivity index (χ2n) is 5.61. The van der Waals surface area contributed by atoms with Crippen LogP contribution in [0.1, 0.15) is 19.3 Å². The van der Waals surface area contributed by atoms with Gasteiger partial charge >= 0.3 is 6.03 Å². The quantitative estimate of drug-likeness (QED) is 0.770. The summed E-state index contributed by atoms with van der Waals surface area (Å²) in [5, 5.41) is 8.53. The molecule has 0 aromatic heterocycles. The molecule has 1 aliphatic rings. The van der Waals surface area contributed by atoms with E-state index in [0.717, 1.165) is 12.8 Å². The molecule has 1 aromatic carbocycles. The maximum atomic E-state index is 12.8. The summed E-state index contributed by atoms with van der Waals surface area (Å²) in [6.45, 7) is 1.99. The summed E-state index contributed by atoms with van der Waals surface area (Å²) in [4.78, 5) is 25.7. The summed E-state index contributed by atoms with van der Waals surface area (Å²) >= 11 is 0. The van der Waals surface area contributed by atoms with Gasteiger partial charge in [-0.05, 0) is 44.2 Å². The highest BCUT2D eigenvalue weighted by Gasteiger charge is 2.23. The number of carbonyl (C=O) groups is 2. The highest BCUT2D eigenvalue weighted by atomic mass is 19.1. The van der Waals surface area contributed by atoms with Gasteiger partial charge in [-0.25, -0.2) is 9.18 Å². The molecule has 23 heavy (non-hydrogen) atoms. The first-order valence-electron chi connectivity index (χ1n) is 7.84. The van der Waals surface area contributed by atoms with Crippen LogP contribution in [0.2, 0.25) is 0 Å². The zero-order chi connectivity index (χ0) is 16.7. The average molecular weight is 322 g/mol. The fourth-order valence-electron chi connectivity index (χ4n) is 2.55. The molecule has 2 rings (SSSR count). The number of urea groups is 1. The molecule has 3 N–H and O–H groups in total. The smallest absolute Gasteiger partial charge is 0.319 e. The van der Waals surface area contributed by atoms with Crippen molar-refractivity contribution in [2.75, 3.05) is 32.0 Å². The first-order chi connectivity index (χ1) is 11.1. The van der Waals surface area contributed by atoms with Crippen LogP contribution in [-0.4, -0.2) is 49.6 Å². The number of benzene rings is 1. The number of rotatable bonds is 5. The van der Waals surface area contributed by atoms with Gasteiger partial charge in [-0.2, -0.15) is 0 Å². The maximum Gasteiger partial charge on any atom is 0.319 e. The van der Waals surface area contributed by atoms with Crippen LogP contribution < -0.4 is 16.0 Å². The van der Waals surface area contributed by atoms with Gasteiger partial charge in [-0.3, -0.25) is 4.79 Å². The van der Waals surface area contributed by atoms with E-state index in [-0.39, 0.29) is 23.8 Å². The lowest BCUT2D eigenvalue weighted by Crippen LogP contribution is -2.47. The van der Waals surface area contributed by atoms with Crippen LogP contribution in [0, 0.1) is 5.82 Å². The molecule has 0 atom stereocenters. The minimum absolute atomic E-state index is 0.0452. The molecule has 1 saturated heterocycles. The fourth-order valence-corrected chi connectivity index (χ4v) is 2.55. The van der Waals surface area contributed by atoms with Crippen molar-refractivity contribution >= 4 is 17.6 Å². The lowest BCUT2D eigenvalue weighted by atomic mass is 10.0. The molecule has 0 unspecified atom stereocenters. The second-order valence-corrected chi connectivity index (χ2v) is 5.61. The van der Waals surface area contributed by atoms with Crippen molar-refractivity contribution in [3.05, 3.63) is 30.1 Å². The zero-order valence-corrected chi connectivity index (χ0v) is 13.3. The Bertz CT molecular complexity index is 527. The number of halogens is 1. The summed E-state index contributed by atoms with van der Waals surface area (Å²) < 4.78 is 12.8. The number of hydrogen-bond donors (Lipinski definition) is 3. The molecule has 6 nitrogen and oxygen atoms in total. The Balaban J connectivity index is 1.72. The molecule has 0 saturated carbocycles. The Morgan fingerprint density at radius 1 is 1.22 bits per heavy atom. The van der Waals surface area contributed by atoms with Crippen molar-refractivity contribution in [2.45, 2.75) is 25.3 Å². The molecule has 126 valence electrons. The average Bonchev–Trinajstić information content (AvgIpc) is 2.55. The van der Waals surface area contributed by atoms with E-state index in [1.54, 1.807) is 0 Å². The molecular formula is C16H23FN4O2. The Hall–Kier alpha value is -2.15. The minimum atomic E-state index is -0.341. The van der Waals surface area contributed by atoms with E-state index >= 15 is 0 Å². The van der Waals surface area contributed by atoms with Gasteiger partial charge in [0.2, 0.25) is 5.91 Å². The number of piperidine rings is 1. The predicted octanol–water partition coefficient (Wildman–Crippen LogP) is 1.55. The number of nitrogens with zero attached hydrogens (tertiary/aromatic N) is 1. The topological polar surface area (TPSA) is 73.5 Å². The van der Waals surface area contributed by atoms with Crippen LogP contribution >= 0.6 is 0 Å². The van der Waals surface area contributed by atoms with E-state index in [4.69, 9.17) is 0 Å². The minimum Gasteiger partial charge on any atom is -0.343 e. The zero-order valence-electron chi connectivity index (χ0n) is 13.3. The summed E-state index contributed by atoms with van der Waals surface area (Å²) in [5.74, 6) is -0.195. The molecule has 7 heteroatoms. The van der Waals surface area contributed by atoms with E-state index < -0.39 is 0 Å². The Morgan fingerprint density at radius 3 is 2.48 bits per heavy atom. The molecule has 0 bridgehead atoms. The van der Waals surface area contributed by atoms with Gasteiger partial charge in [0, 0.05) is 37.8 Å². The number of amides is 3. The monoisotopic (exact) mass is 322 g/mol. The van der Waals surface area contributed by atoms with Crippen LogP contribution in [-0.2, 0) is 4.79 Å². The number of anilines is 1. The molecule has 0 radical (unpaired) electrons. The summed E-state index contributed by atoms with van der Waals surface area (Å²) in [6.07, 6.45) is 1.98. The fraction of sp³-hybridized carbons (Fsp3) is 0.500. The van der Waals surface area contributed by atoms with Gasteiger partial charge in [0.1, 0.15) is 5.82 Å². The van der Waals surface area contributed by atoms with Crippen LogP contribution in [0.3, 0.4) is 0 Å². The highest BCUT2D eigenvalue weighted by molar-refractivity contribution is 5.89. The normalized spacial score (nSPS) is 15.3. The Kier molecular flexibility index (Phi) is 6.34. The SMILES string of the molecule is CNCCC(=O)N1CCC(NC(=O)Nc2ccc(F)cc2)CC1. The van der Waals surface area contributed by atoms with Crippen LogP contribution in [0.15, 0.2) is 24.3 Å². The Morgan fingerprint density at radius 2 is 1.87 bits per heavy atom. The summed E-state index contributed by atoms with van der Waals surface area (Å²) in [7, 11) is 1.82. The molecule has 1 aromatic rings. The largest absolute Gasteiger partial charge is 0.343 e. The molecule has 1 fully saturated rings. The van der Waals surface area contributed by atoms with Crippen LogP contribution in [0.25, 0.3) is 0 Å². The van der Waals surface area contributed by atoms with Gasteiger partial charge < -0.3 is 20.9 Å². The van der Waals surface area contributed by atoms with Crippen molar-refractivity contribution in [3.8, 4) is 0 Å². The third-order valence-corrected chi connectivity index (χ3v) is 3.87. The molecule has 1 aliphatic heterocycles. The van der Waals surface area contributed by atoms with Gasteiger partial charge in [-0.15, -0.1) is 0 Å². The highest BCUT2D eigenvalue weighted by Crippen LogP contribution is 2.12. The third-order valence-electron chi connectivity index (χ3n) is 3.87. The van der Waals surface area contributed by atoms with Gasteiger partial charge in [0.15, 0.2) is 0 Å². The van der Waals surface area contributed by atoms with Gasteiger partial charge in [0.25, 0.3) is 0 Å². The van der Waals surface area contributed by atoms with E-state index in [1.807, 2.05) is 11.9 Å².